The third kappa shape index (κ3) is 3.96. The van der Waals surface area contributed by atoms with Gasteiger partial charge in [-0.25, -0.2) is 0 Å². The molecule has 0 aliphatic rings. The van der Waals surface area contributed by atoms with Gasteiger partial charge in [-0.2, -0.15) is 0 Å². The van der Waals surface area contributed by atoms with E-state index in [0.29, 0.717) is 12.8 Å². The van der Waals surface area contributed by atoms with Crippen LogP contribution >= 0.6 is 29.7 Å². The van der Waals surface area contributed by atoms with Crippen LogP contribution in [0, 0.1) is 0 Å². The maximum absolute atomic E-state index is 13.9. The molecule has 2 aromatic rings. The Hall–Kier alpha value is -0.900. The molecule has 0 bridgehead atoms. The molecular formula is C19H22IO2P. The van der Waals surface area contributed by atoms with Crippen LogP contribution in [-0.2, 0) is 4.57 Å². The Labute approximate surface area is 152 Å². The van der Waals surface area contributed by atoms with Crippen LogP contribution in [-0.4, -0.2) is 10.7 Å². The van der Waals surface area contributed by atoms with Gasteiger partial charge in [0.2, 0.25) is 0 Å². The van der Waals surface area contributed by atoms with Gasteiger partial charge in [0.1, 0.15) is 0 Å². The van der Waals surface area contributed by atoms with Crippen molar-refractivity contribution in [2.75, 3.05) is 0 Å². The first-order valence-corrected chi connectivity index (χ1v) is 10.6. The molecule has 0 aliphatic heterocycles. The highest BCUT2D eigenvalue weighted by molar-refractivity contribution is 14.1. The van der Waals surface area contributed by atoms with Crippen LogP contribution < -0.4 is 10.6 Å². The molecule has 0 amide bonds. The average molecular weight is 440 g/mol. The molecule has 0 fully saturated rings. The van der Waals surface area contributed by atoms with Crippen molar-refractivity contribution in [1.29, 1.82) is 0 Å². The van der Waals surface area contributed by atoms with Crippen LogP contribution in [0.1, 0.15) is 26.7 Å². The highest BCUT2D eigenvalue weighted by Crippen LogP contribution is 2.49. The Kier molecular flexibility index (Phi) is 6.24. The van der Waals surface area contributed by atoms with E-state index < -0.39 is 12.7 Å². The fourth-order valence-electron chi connectivity index (χ4n) is 2.46. The predicted octanol–water partition coefficient (Wildman–Crippen LogP) is 4.83. The Morgan fingerprint density at radius 2 is 1.39 bits per heavy atom. The zero-order valence-corrected chi connectivity index (χ0v) is 16.5. The molecule has 0 saturated carbocycles. The van der Waals surface area contributed by atoms with Crippen LogP contribution in [0.25, 0.3) is 0 Å². The summed E-state index contributed by atoms with van der Waals surface area (Å²) in [7, 11) is -2.93. The predicted molar refractivity (Wildman–Crippen MR) is 107 cm³/mol. The quantitative estimate of drug-likeness (QED) is 0.517. The minimum absolute atomic E-state index is 0.599. The van der Waals surface area contributed by atoms with Crippen molar-refractivity contribution in [3.8, 4) is 0 Å². The van der Waals surface area contributed by atoms with Gasteiger partial charge in [0.05, 0.1) is 5.60 Å². The summed E-state index contributed by atoms with van der Waals surface area (Å²) < 4.78 is 14.7. The summed E-state index contributed by atoms with van der Waals surface area (Å²) in [5.41, 5.74) is -0.917. The summed E-state index contributed by atoms with van der Waals surface area (Å²) in [5, 5.41) is 12.3. The van der Waals surface area contributed by atoms with E-state index in [4.69, 9.17) is 0 Å². The van der Waals surface area contributed by atoms with Gasteiger partial charge in [-0.15, -0.1) is 0 Å². The number of hydrogen-bond donors (Lipinski definition) is 1. The first-order valence-electron chi connectivity index (χ1n) is 7.78. The molecule has 0 spiro atoms. The standard InChI is InChI=1S/C19H22IO2P/c1-3-19(21,4-2)18(20)15-23(22,16-11-7-5-8-12-16)17-13-9-6-10-14-17/h5-15,21H,3-4H2,1-2H3/b18-15+. The SMILES string of the molecule is CCC(O)(CC)/C(I)=C\P(=O)(c1ccccc1)c1ccccc1. The zero-order chi connectivity index (χ0) is 16.9. The summed E-state index contributed by atoms with van der Waals surface area (Å²) >= 11 is 2.14. The molecule has 23 heavy (non-hydrogen) atoms. The number of hydrogen-bond acceptors (Lipinski definition) is 2. The first-order chi connectivity index (χ1) is 11.0. The van der Waals surface area contributed by atoms with Gasteiger partial charge in [-0.3, -0.25) is 0 Å². The molecule has 0 unspecified atom stereocenters. The molecule has 122 valence electrons. The van der Waals surface area contributed by atoms with Gasteiger partial charge in [-0.1, -0.05) is 74.5 Å². The van der Waals surface area contributed by atoms with E-state index in [2.05, 4.69) is 22.6 Å². The lowest BCUT2D eigenvalue weighted by atomic mass is 9.98. The van der Waals surface area contributed by atoms with Gasteiger partial charge in [0, 0.05) is 14.2 Å². The molecule has 2 aromatic carbocycles. The Morgan fingerprint density at radius 1 is 1.00 bits per heavy atom. The summed E-state index contributed by atoms with van der Waals surface area (Å²) in [6.45, 7) is 3.90. The van der Waals surface area contributed by atoms with Crippen LogP contribution in [0.2, 0.25) is 0 Å². The van der Waals surface area contributed by atoms with Gasteiger partial charge in [0.15, 0.2) is 7.14 Å². The second kappa shape index (κ2) is 7.78. The number of aliphatic hydroxyl groups is 1. The van der Waals surface area contributed by atoms with Gasteiger partial charge in [0.25, 0.3) is 0 Å². The molecule has 0 saturated heterocycles. The van der Waals surface area contributed by atoms with Crippen molar-refractivity contribution in [2.45, 2.75) is 32.3 Å². The second-order valence-electron chi connectivity index (χ2n) is 5.54. The fraction of sp³-hybridized carbons (Fsp3) is 0.263. The molecule has 2 nitrogen and oxygen atoms in total. The molecule has 2 rings (SSSR count). The normalized spacial score (nSPS) is 13.1. The van der Waals surface area contributed by atoms with E-state index in [-0.39, 0.29) is 0 Å². The van der Waals surface area contributed by atoms with Crippen molar-refractivity contribution in [3.63, 3.8) is 0 Å². The van der Waals surface area contributed by atoms with Gasteiger partial charge >= 0.3 is 0 Å². The molecule has 0 atom stereocenters. The van der Waals surface area contributed by atoms with Crippen molar-refractivity contribution in [1.82, 2.24) is 0 Å². The molecule has 1 N–H and O–H groups in total. The second-order valence-corrected chi connectivity index (χ2v) is 9.31. The van der Waals surface area contributed by atoms with Crippen LogP contribution in [0.3, 0.4) is 0 Å². The number of halogens is 1. The first kappa shape index (κ1) is 18.4. The minimum atomic E-state index is -2.93. The van der Waals surface area contributed by atoms with E-state index in [1.807, 2.05) is 74.5 Å². The largest absolute Gasteiger partial charge is 0.385 e. The summed E-state index contributed by atoms with van der Waals surface area (Å²) in [6.07, 6.45) is 1.20. The molecule has 0 aromatic heterocycles. The van der Waals surface area contributed by atoms with Crippen molar-refractivity contribution < 1.29 is 9.67 Å². The fourth-order valence-corrected chi connectivity index (χ4v) is 6.79. The van der Waals surface area contributed by atoms with Crippen LogP contribution in [0.4, 0.5) is 0 Å². The van der Waals surface area contributed by atoms with E-state index in [1.165, 1.54) is 0 Å². The molecule has 4 heteroatoms. The van der Waals surface area contributed by atoms with Gasteiger partial charge in [-0.05, 0) is 41.2 Å². The highest BCUT2D eigenvalue weighted by atomic mass is 127. The lowest BCUT2D eigenvalue weighted by Crippen LogP contribution is -2.27. The Bertz CT molecular complexity index is 663. The molecule has 0 aliphatic carbocycles. The van der Waals surface area contributed by atoms with Crippen molar-refractivity contribution in [3.05, 3.63) is 70.1 Å². The van der Waals surface area contributed by atoms with E-state index >= 15 is 0 Å². The summed E-state index contributed by atoms with van der Waals surface area (Å²) in [5.74, 6) is 1.78. The maximum Gasteiger partial charge on any atom is 0.164 e. The highest BCUT2D eigenvalue weighted by Gasteiger charge is 2.31. The number of rotatable bonds is 6. The topological polar surface area (TPSA) is 37.3 Å². The smallest absolute Gasteiger partial charge is 0.164 e. The van der Waals surface area contributed by atoms with Crippen LogP contribution in [0.5, 0.6) is 0 Å². The van der Waals surface area contributed by atoms with Crippen molar-refractivity contribution in [2.24, 2.45) is 0 Å². The molecule has 0 heterocycles. The average Bonchev–Trinajstić information content (AvgIpc) is 2.62. The summed E-state index contributed by atoms with van der Waals surface area (Å²) in [4.78, 5) is 0. The maximum atomic E-state index is 13.9. The number of benzene rings is 2. The Balaban J connectivity index is 2.63. The molecular weight excluding hydrogens is 418 g/mol. The Morgan fingerprint density at radius 3 is 1.74 bits per heavy atom. The third-order valence-corrected chi connectivity index (χ3v) is 8.75. The minimum Gasteiger partial charge on any atom is -0.385 e. The van der Waals surface area contributed by atoms with Crippen LogP contribution in [0.15, 0.2) is 70.1 Å². The third-order valence-electron chi connectivity index (χ3n) is 4.19. The van der Waals surface area contributed by atoms with E-state index in [0.717, 1.165) is 14.2 Å². The van der Waals surface area contributed by atoms with Crippen molar-refractivity contribution >= 4 is 40.3 Å². The summed E-state index contributed by atoms with van der Waals surface area (Å²) in [6, 6.07) is 19.0. The molecule has 0 radical (unpaired) electrons. The monoisotopic (exact) mass is 440 g/mol. The zero-order valence-electron chi connectivity index (χ0n) is 13.4. The lowest BCUT2D eigenvalue weighted by molar-refractivity contribution is 0.0810. The lowest BCUT2D eigenvalue weighted by Gasteiger charge is -2.27. The van der Waals surface area contributed by atoms with E-state index in [1.54, 1.807) is 5.82 Å². The van der Waals surface area contributed by atoms with Gasteiger partial charge < -0.3 is 9.67 Å². The van der Waals surface area contributed by atoms with E-state index in [9.17, 15) is 9.67 Å².